The fourth-order valence-electron chi connectivity index (χ4n) is 15.4. The van der Waals surface area contributed by atoms with Gasteiger partial charge in [-0.15, -0.1) is 0 Å². The summed E-state index contributed by atoms with van der Waals surface area (Å²) in [5.41, 5.74) is 3.54. The third kappa shape index (κ3) is 7.51. The molecule has 5 saturated carbocycles. The zero-order chi connectivity index (χ0) is 41.2. The zero-order valence-electron chi connectivity index (χ0n) is 36.9. The van der Waals surface area contributed by atoms with Crippen LogP contribution in [-0.2, 0) is 25.7 Å². The number of nitrogens with zero attached hydrogens (tertiary/aromatic N) is 1. The molecule has 0 radical (unpaired) electrons. The molecule has 6 fully saturated rings. The fraction of sp³-hybridized carbons (Fsp3) is 0.780. The van der Waals surface area contributed by atoms with Crippen molar-refractivity contribution < 1.29 is 24.2 Å². The first-order valence-electron chi connectivity index (χ1n) is 22.9. The number of hydrogen-bond donors (Lipinski definition) is 2. The first-order chi connectivity index (χ1) is 26.7. The molecular formula is C50H76N2O5. The number of esters is 1. The van der Waals surface area contributed by atoms with Crippen LogP contribution in [0.5, 0.6) is 0 Å². The summed E-state index contributed by atoms with van der Waals surface area (Å²) >= 11 is 0. The lowest BCUT2D eigenvalue weighted by atomic mass is 9.32. The van der Waals surface area contributed by atoms with Gasteiger partial charge < -0.3 is 20.1 Å². The molecule has 6 aliphatic rings. The molecule has 7 heteroatoms. The number of nitrogens with one attached hydrogen (secondary N) is 1. The number of carbonyl (C=O) groups excluding carboxylic acids is 2. The number of carboxylic acid groups (broad SMARTS) is 1. The Morgan fingerprint density at radius 1 is 0.842 bits per heavy atom. The van der Waals surface area contributed by atoms with Gasteiger partial charge in [-0.2, -0.15) is 0 Å². The van der Waals surface area contributed by atoms with E-state index in [9.17, 15) is 19.5 Å². The lowest BCUT2D eigenvalue weighted by Gasteiger charge is -2.73. The molecule has 1 aromatic carbocycles. The van der Waals surface area contributed by atoms with Crippen LogP contribution in [0.3, 0.4) is 0 Å². The van der Waals surface area contributed by atoms with Crippen LogP contribution in [0.2, 0.25) is 0 Å². The topological polar surface area (TPSA) is 95.9 Å². The van der Waals surface area contributed by atoms with E-state index in [1.54, 1.807) is 0 Å². The molecule has 1 aromatic rings. The van der Waals surface area contributed by atoms with Crippen molar-refractivity contribution in [2.24, 2.45) is 62.1 Å². The highest BCUT2D eigenvalue weighted by atomic mass is 16.5. The smallest absolute Gasteiger partial charge is 0.306 e. The highest BCUT2D eigenvalue weighted by Crippen LogP contribution is 2.78. The lowest BCUT2D eigenvalue weighted by Crippen LogP contribution is -2.67. The van der Waals surface area contributed by atoms with Crippen LogP contribution >= 0.6 is 0 Å². The van der Waals surface area contributed by atoms with E-state index in [0.29, 0.717) is 42.6 Å². The number of aliphatic carboxylic acids is 1. The maximum Gasteiger partial charge on any atom is 0.306 e. The molecule has 0 spiro atoms. The van der Waals surface area contributed by atoms with Crippen LogP contribution in [0.25, 0.3) is 0 Å². The van der Waals surface area contributed by atoms with Crippen molar-refractivity contribution in [3.8, 4) is 0 Å². The summed E-state index contributed by atoms with van der Waals surface area (Å²) in [7, 11) is 0. The van der Waals surface area contributed by atoms with Gasteiger partial charge in [-0.1, -0.05) is 72.8 Å². The maximum absolute atomic E-state index is 14.0. The molecule has 2 N–H and O–H groups in total. The molecule has 316 valence electrons. The summed E-state index contributed by atoms with van der Waals surface area (Å²) in [6, 6.07) is 8.87. The molecule has 0 bridgehead atoms. The Hall–Kier alpha value is -2.83. The number of allylic oxidation sites excluding steroid dienone is 1. The number of carboxylic acids is 1. The van der Waals surface area contributed by atoms with Gasteiger partial charge in [0.15, 0.2) is 0 Å². The van der Waals surface area contributed by atoms with Gasteiger partial charge in [0.2, 0.25) is 5.91 Å². The Balaban J connectivity index is 1.05. The number of amides is 1. The number of piperidine rings is 1. The van der Waals surface area contributed by atoms with Crippen molar-refractivity contribution >= 4 is 23.5 Å². The molecule has 0 aromatic heterocycles. The average molecular weight is 785 g/mol. The highest BCUT2D eigenvalue weighted by Gasteiger charge is 2.71. The average Bonchev–Trinajstić information content (AvgIpc) is 3.51. The summed E-state index contributed by atoms with van der Waals surface area (Å²) in [5.74, 6) is 1.65. The first-order valence-corrected chi connectivity index (χ1v) is 22.9. The Kier molecular flexibility index (Phi) is 11.4. The first kappa shape index (κ1) is 42.3. The van der Waals surface area contributed by atoms with Crippen LogP contribution in [0, 0.1) is 62.1 Å². The predicted molar refractivity (Wildman–Crippen MR) is 228 cm³/mol. The molecule has 1 heterocycles. The van der Waals surface area contributed by atoms with E-state index in [-0.39, 0.29) is 57.9 Å². The third-order valence-corrected chi connectivity index (χ3v) is 18.4. The SMILES string of the molecule is C=C(C)[C@@H]1CC[C@]2(CC(=O)NCc3ccc(N4CCCCC4)cc3)CC[C@]3(C)[C@H](CC[C@@H]4[C@@]5(C)CC[C@H](OC(=O)CC(C)(C)CC(=O)O)C(C)(C)[C@@H]5CC[C@]43C)[C@@H]12. The second kappa shape index (κ2) is 15.3. The van der Waals surface area contributed by atoms with Crippen LogP contribution in [0.1, 0.15) is 164 Å². The second-order valence-corrected chi connectivity index (χ2v) is 22.5. The van der Waals surface area contributed by atoms with Crippen molar-refractivity contribution in [1.29, 1.82) is 0 Å². The second-order valence-electron chi connectivity index (χ2n) is 22.5. The number of rotatable bonds is 11. The van der Waals surface area contributed by atoms with Crippen molar-refractivity contribution in [2.45, 2.75) is 171 Å². The van der Waals surface area contributed by atoms with Crippen molar-refractivity contribution in [2.75, 3.05) is 18.0 Å². The molecule has 57 heavy (non-hydrogen) atoms. The van der Waals surface area contributed by atoms with E-state index in [2.05, 4.69) is 82.6 Å². The summed E-state index contributed by atoms with van der Waals surface area (Å²) in [5, 5.41) is 12.8. The Bertz CT molecular complexity index is 1690. The van der Waals surface area contributed by atoms with E-state index in [0.717, 1.165) is 51.6 Å². The van der Waals surface area contributed by atoms with Gasteiger partial charge in [0.1, 0.15) is 6.10 Å². The van der Waals surface area contributed by atoms with Gasteiger partial charge in [-0.25, -0.2) is 0 Å². The van der Waals surface area contributed by atoms with E-state index in [4.69, 9.17) is 4.74 Å². The molecule has 1 saturated heterocycles. The summed E-state index contributed by atoms with van der Waals surface area (Å²) in [4.78, 5) is 41.2. The molecule has 10 atom stereocenters. The summed E-state index contributed by atoms with van der Waals surface area (Å²) in [6.45, 7) is 26.0. The number of ether oxygens (including phenoxy) is 1. The van der Waals surface area contributed by atoms with Gasteiger partial charge in [0.25, 0.3) is 0 Å². The standard InChI is InChI=1S/C50H76N2O5/c1-33(2)36-19-24-50(29-41(53)51-32-34-13-15-35(16-14-34)52-27-11-10-12-28-52)26-25-48(8)37(44(36)50)17-18-39-47(7)22-21-40(46(5,6)38(47)20-23-49(39,48)9)57-43(56)31-45(3,4)30-42(54)55/h13-16,36-40,44H,1,10-12,17-32H2,2-9H3,(H,51,53)(H,54,55)/t36-,37+,38-,39+,40-,44+,47-,48+,49+,50+/m0/s1. The third-order valence-electron chi connectivity index (χ3n) is 18.4. The monoisotopic (exact) mass is 785 g/mol. The van der Waals surface area contributed by atoms with Crippen molar-refractivity contribution in [3.63, 3.8) is 0 Å². The highest BCUT2D eigenvalue weighted by molar-refractivity contribution is 5.77. The van der Waals surface area contributed by atoms with Crippen molar-refractivity contribution in [1.82, 2.24) is 5.32 Å². The van der Waals surface area contributed by atoms with E-state index in [1.807, 2.05) is 13.8 Å². The zero-order valence-corrected chi connectivity index (χ0v) is 36.9. The van der Waals surface area contributed by atoms with Crippen LogP contribution < -0.4 is 10.2 Å². The Labute approximate surface area is 344 Å². The summed E-state index contributed by atoms with van der Waals surface area (Å²) in [6.07, 6.45) is 15.7. The number of hydrogen-bond acceptors (Lipinski definition) is 5. The molecule has 0 unspecified atom stereocenters. The van der Waals surface area contributed by atoms with E-state index >= 15 is 0 Å². The largest absolute Gasteiger partial charge is 0.481 e. The number of anilines is 1. The van der Waals surface area contributed by atoms with Crippen LogP contribution in [-0.4, -0.2) is 42.1 Å². The van der Waals surface area contributed by atoms with Crippen molar-refractivity contribution in [3.05, 3.63) is 42.0 Å². The minimum Gasteiger partial charge on any atom is -0.481 e. The number of fused-ring (bicyclic) bond motifs is 7. The molecule has 1 aliphatic heterocycles. The molecular weight excluding hydrogens is 709 g/mol. The molecule has 7 rings (SSSR count). The normalized spacial score (nSPS) is 38.5. The van der Waals surface area contributed by atoms with Crippen LogP contribution in [0.4, 0.5) is 5.69 Å². The quantitative estimate of drug-likeness (QED) is 0.171. The van der Waals surface area contributed by atoms with Gasteiger partial charge in [0.05, 0.1) is 12.8 Å². The van der Waals surface area contributed by atoms with E-state index in [1.165, 1.54) is 61.8 Å². The van der Waals surface area contributed by atoms with Gasteiger partial charge in [-0.3, -0.25) is 14.4 Å². The van der Waals surface area contributed by atoms with Gasteiger partial charge in [-0.05, 0) is 165 Å². The van der Waals surface area contributed by atoms with Crippen LogP contribution in [0.15, 0.2) is 36.4 Å². The lowest BCUT2D eigenvalue weighted by molar-refractivity contribution is -0.250. The van der Waals surface area contributed by atoms with E-state index < -0.39 is 11.4 Å². The number of benzene rings is 1. The maximum atomic E-state index is 14.0. The molecule has 5 aliphatic carbocycles. The predicted octanol–water partition coefficient (Wildman–Crippen LogP) is 11.1. The Morgan fingerprint density at radius 3 is 2.21 bits per heavy atom. The molecule has 1 amide bonds. The minimum absolute atomic E-state index is 0.0310. The summed E-state index contributed by atoms with van der Waals surface area (Å²) < 4.78 is 6.30. The fourth-order valence-corrected chi connectivity index (χ4v) is 15.4. The van der Waals surface area contributed by atoms with Gasteiger partial charge in [0, 0.05) is 37.2 Å². The molecule has 7 nitrogen and oxygen atoms in total. The minimum atomic E-state index is -0.882. The van der Waals surface area contributed by atoms with Gasteiger partial charge >= 0.3 is 11.9 Å². The number of carbonyl (C=O) groups is 3. The Morgan fingerprint density at radius 2 is 1.54 bits per heavy atom.